The summed E-state index contributed by atoms with van der Waals surface area (Å²) in [4.78, 5) is 0. The highest BCUT2D eigenvalue weighted by atomic mass is 16.5. The lowest BCUT2D eigenvalue weighted by Gasteiger charge is -2.05. The van der Waals surface area contributed by atoms with Crippen molar-refractivity contribution in [3.8, 4) is 11.5 Å². The number of ether oxygens (including phenoxy) is 2. The fourth-order valence-electron chi connectivity index (χ4n) is 0.966. The van der Waals surface area contributed by atoms with Gasteiger partial charge >= 0.3 is 0 Å². The smallest absolute Gasteiger partial charge is 0.122 e. The summed E-state index contributed by atoms with van der Waals surface area (Å²) in [6, 6.07) is 7.45. The van der Waals surface area contributed by atoms with Crippen molar-refractivity contribution in [2.75, 3.05) is 6.61 Å². The average molecular weight is 179 g/mol. The van der Waals surface area contributed by atoms with Crippen LogP contribution in [-0.2, 0) is 0 Å². The summed E-state index contributed by atoms with van der Waals surface area (Å²) in [6.07, 6.45) is 2.24. The zero-order chi connectivity index (χ0) is 9.52. The van der Waals surface area contributed by atoms with Gasteiger partial charge in [0.15, 0.2) is 0 Å². The van der Waals surface area contributed by atoms with Gasteiger partial charge in [-0.1, -0.05) is 13.3 Å². The van der Waals surface area contributed by atoms with Gasteiger partial charge in [0.25, 0.3) is 0 Å². The van der Waals surface area contributed by atoms with Crippen LogP contribution in [-0.4, -0.2) is 6.61 Å². The van der Waals surface area contributed by atoms with Crippen molar-refractivity contribution in [2.45, 2.75) is 19.8 Å². The van der Waals surface area contributed by atoms with Crippen LogP contribution in [0.4, 0.5) is 0 Å². The summed E-state index contributed by atoms with van der Waals surface area (Å²) in [5.41, 5.74) is 0. The van der Waals surface area contributed by atoms with E-state index in [1.807, 2.05) is 24.3 Å². The summed E-state index contributed by atoms with van der Waals surface area (Å²) in [5, 5.41) is 0. The molecule has 0 aliphatic carbocycles. The highest BCUT2D eigenvalue weighted by molar-refractivity contribution is 5.31. The zero-order valence-electron chi connectivity index (χ0n) is 7.95. The van der Waals surface area contributed by atoms with Crippen molar-refractivity contribution >= 4 is 0 Å². The number of benzene rings is 1. The van der Waals surface area contributed by atoms with Crippen molar-refractivity contribution in [3.63, 3.8) is 0 Å². The van der Waals surface area contributed by atoms with Gasteiger partial charge in [-0.2, -0.15) is 0 Å². The lowest BCUT2D eigenvalue weighted by atomic mass is 10.3. The van der Waals surface area contributed by atoms with Gasteiger partial charge < -0.3 is 9.47 Å². The van der Waals surface area contributed by atoms with E-state index in [2.05, 4.69) is 14.0 Å². The molecule has 0 fully saturated rings. The first-order valence-corrected chi connectivity index (χ1v) is 4.51. The maximum absolute atomic E-state index is 5.47. The molecular weight excluding hydrogens is 164 g/mol. The standard InChI is InChI=1S/C11H15O2/c1-3-4-9-13-11-7-5-10(12-2)6-8-11/h5-8H,2-4,9H2,1H3. The molecule has 0 aliphatic heterocycles. The summed E-state index contributed by atoms with van der Waals surface area (Å²) < 4.78 is 10.3. The van der Waals surface area contributed by atoms with Crippen molar-refractivity contribution in [2.24, 2.45) is 0 Å². The van der Waals surface area contributed by atoms with Crippen LogP contribution in [0.3, 0.4) is 0 Å². The van der Waals surface area contributed by atoms with Crippen molar-refractivity contribution in [3.05, 3.63) is 31.4 Å². The molecule has 0 saturated heterocycles. The molecular formula is C11H15O2. The van der Waals surface area contributed by atoms with E-state index in [9.17, 15) is 0 Å². The molecule has 1 aromatic rings. The average Bonchev–Trinajstić information content (AvgIpc) is 2.19. The van der Waals surface area contributed by atoms with Crippen LogP contribution in [0.15, 0.2) is 24.3 Å². The minimum Gasteiger partial charge on any atom is -0.494 e. The first-order chi connectivity index (χ1) is 6.36. The first kappa shape index (κ1) is 9.90. The molecule has 0 saturated carbocycles. The number of unbranched alkanes of at least 4 members (excludes halogenated alkanes) is 1. The molecule has 0 aliphatic rings. The van der Waals surface area contributed by atoms with Gasteiger partial charge in [0.05, 0.1) is 6.61 Å². The van der Waals surface area contributed by atoms with Gasteiger partial charge in [0.2, 0.25) is 0 Å². The van der Waals surface area contributed by atoms with Crippen LogP contribution in [0.25, 0.3) is 0 Å². The minimum absolute atomic E-state index is 0.753. The van der Waals surface area contributed by atoms with Crippen LogP contribution in [0.1, 0.15) is 19.8 Å². The molecule has 2 nitrogen and oxygen atoms in total. The Hall–Kier alpha value is -1.18. The number of hydrogen-bond acceptors (Lipinski definition) is 2. The maximum Gasteiger partial charge on any atom is 0.122 e. The Kier molecular flexibility index (Phi) is 4.16. The lowest BCUT2D eigenvalue weighted by Crippen LogP contribution is -1.95. The van der Waals surface area contributed by atoms with Crippen molar-refractivity contribution in [1.82, 2.24) is 0 Å². The Morgan fingerprint density at radius 3 is 2.31 bits per heavy atom. The molecule has 2 heteroatoms. The van der Waals surface area contributed by atoms with E-state index in [0.717, 1.165) is 30.9 Å². The van der Waals surface area contributed by atoms with E-state index in [1.165, 1.54) is 0 Å². The Morgan fingerprint density at radius 2 is 1.77 bits per heavy atom. The third kappa shape index (κ3) is 3.36. The fourth-order valence-corrected chi connectivity index (χ4v) is 0.966. The topological polar surface area (TPSA) is 18.5 Å². The molecule has 13 heavy (non-hydrogen) atoms. The van der Waals surface area contributed by atoms with Gasteiger partial charge in [-0.15, -0.1) is 0 Å². The van der Waals surface area contributed by atoms with E-state index >= 15 is 0 Å². The van der Waals surface area contributed by atoms with Gasteiger partial charge in [0.1, 0.15) is 18.6 Å². The molecule has 0 atom stereocenters. The van der Waals surface area contributed by atoms with Crippen LogP contribution in [0.2, 0.25) is 0 Å². The highest BCUT2D eigenvalue weighted by Gasteiger charge is 1.93. The second-order valence-corrected chi connectivity index (χ2v) is 2.82. The minimum atomic E-state index is 0.753. The summed E-state index contributed by atoms with van der Waals surface area (Å²) in [6.45, 7) is 2.92. The monoisotopic (exact) mass is 179 g/mol. The molecule has 0 heterocycles. The van der Waals surface area contributed by atoms with Gasteiger partial charge in [-0.3, -0.25) is 0 Å². The van der Waals surface area contributed by atoms with Crippen LogP contribution in [0, 0.1) is 7.11 Å². The normalized spacial score (nSPS) is 9.69. The fraction of sp³-hybridized carbons (Fsp3) is 0.364. The third-order valence-corrected chi connectivity index (χ3v) is 1.76. The summed E-state index contributed by atoms with van der Waals surface area (Å²) >= 11 is 0. The molecule has 0 bridgehead atoms. The largest absolute Gasteiger partial charge is 0.494 e. The first-order valence-electron chi connectivity index (χ1n) is 4.51. The Labute approximate surface area is 79.5 Å². The Morgan fingerprint density at radius 1 is 1.15 bits per heavy atom. The molecule has 0 unspecified atom stereocenters. The summed E-state index contributed by atoms with van der Waals surface area (Å²) in [5.74, 6) is 1.64. The molecule has 1 rings (SSSR count). The van der Waals surface area contributed by atoms with E-state index < -0.39 is 0 Å². The van der Waals surface area contributed by atoms with Crippen molar-refractivity contribution in [1.29, 1.82) is 0 Å². The van der Waals surface area contributed by atoms with Crippen LogP contribution >= 0.6 is 0 Å². The lowest BCUT2D eigenvalue weighted by molar-refractivity contribution is 0.309. The SMILES string of the molecule is [CH2]Oc1ccc(OCCCC)cc1. The molecule has 0 spiro atoms. The van der Waals surface area contributed by atoms with Crippen molar-refractivity contribution < 1.29 is 9.47 Å². The van der Waals surface area contributed by atoms with E-state index in [1.54, 1.807) is 0 Å². The van der Waals surface area contributed by atoms with E-state index in [4.69, 9.17) is 9.47 Å². The maximum atomic E-state index is 5.47. The summed E-state index contributed by atoms with van der Waals surface area (Å²) in [7, 11) is 3.32. The zero-order valence-corrected chi connectivity index (χ0v) is 7.95. The molecule has 0 N–H and O–H groups in total. The number of rotatable bonds is 5. The van der Waals surface area contributed by atoms with E-state index in [0.29, 0.717) is 0 Å². The molecule has 0 amide bonds. The predicted molar refractivity (Wildman–Crippen MR) is 52.8 cm³/mol. The van der Waals surface area contributed by atoms with Crippen LogP contribution < -0.4 is 9.47 Å². The molecule has 1 aromatic carbocycles. The Bertz CT molecular complexity index is 228. The van der Waals surface area contributed by atoms with Gasteiger partial charge in [-0.25, -0.2) is 0 Å². The predicted octanol–water partition coefficient (Wildman–Crippen LogP) is 3.04. The van der Waals surface area contributed by atoms with Gasteiger partial charge in [-0.05, 0) is 30.7 Å². The molecule has 1 radical (unpaired) electrons. The molecule has 0 aromatic heterocycles. The molecule has 71 valence electrons. The number of hydrogen-bond donors (Lipinski definition) is 0. The second-order valence-electron chi connectivity index (χ2n) is 2.82. The second kappa shape index (κ2) is 5.46. The van der Waals surface area contributed by atoms with Gasteiger partial charge in [0, 0.05) is 0 Å². The quantitative estimate of drug-likeness (QED) is 0.647. The van der Waals surface area contributed by atoms with Crippen LogP contribution in [0.5, 0.6) is 11.5 Å². The van der Waals surface area contributed by atoms with E-state index in [-0.39, 0.29) is 0 Å². The Balaban J connectivity index is 2.40. The third-order valence-electron chi connectivity index (χ3n) is 1.76. The highest BCUT2D eigenvalue weighted by Crippen LogP contribution is 2.17.